The minimum absolute atomic E-state index is 0. The molecule has 0 radical (unpaired) electrons. The van der Waals surface area contributed by atoms with Gasteiger partial charge in [0.2, 0.25) is 5.96 Å². The molecule has 5 nitrogen and oxygen atoms in total. The molecule has 0 aliphatic rings. The minimum atomic E-state index is -0.0942. The fourth-order valence-electron chi connectivity index (χ4n) is 1.64. The van der Waals surface area contributed by atoms with Gasteiger partial charge in [0.1, 0.15) is 12.4 Å². The molecule has 0 atom stereocenters. The summed E-state index contributed by atoms with van der Waals surface area (Å²) in [6.45, 7) is 0.380. The molecule has 0 spiro atoms. The summed E-state index contributed by atoms with van der Waals surface area (Å²) in [5.74, 6) is 0.600. The van der Waals surface area contributed by atoms with E-state index in [-0.39, 0.29) is 18.4 Å². The highest BCUT2D eigenvalue weighted by molar-refractivity contribution is 6.42. The zero-order valence-electron chi connectivity index (χ0n) is 11.9. The van der Waals surface area contributed by atoms with E-state index in [1.807, 2.05) is 30.3 Å². The minimum Gasteiger partial charge on any atom is -0.489 e. The van der Waals surface area contributed by atoms with Crippen LogP contribution in [0.4, 0.5) is 0 Å². The van der Waals surface area contributed by atoms with Gasteiger partial charge in [-0.25, -0.2) is 0 Å². The third kappa shape index (κ3) is 6.36. The molecule has 0 aliphatic heterocycles. The van der Waals surface area contributed by atoms with E-state index in [1.54, 1.807) is 12.1 Å². The molecule has 2 aromatic carbocycles. The van der Waals surface area contributed by atoms with Gasteiger partial charge in [-0.1, -0.05) is 41.4 Å². The number of ether oxygens (including phenoxy) is 1. The summed E-state index contributed by atoms with van der Waals surface area (Å²) >= 11 is 11.8. The smallest absolute Gasteiger partial charge is 0.211 e. The zero-order chi connectivity index (χ0) is 15.9. The van der Waals surface area contributed by atoms with E-state index in [0.717, 1.165) is 11.1 Å². The summed E-state index contributed by atoms with van der Waals surface area (Å²) in [7, 11) is 0. The molecule has 0 fully saturated rings. The fraction of sp³-hybridized carbons (Fsp3) is 0.0667. The van der Waals surface area contributed by atoms with Crippen molar-refractivity contribution in [2.24, 2.45) is 21.7 Å². The summed E-state index contributed by atoms with van der Waals surface area (Å²) < 4.78 is 5.71. The summed E-state index contributed by atoms with van der Waals surface area (Å²) in [5.41, 5.74) is 12.1. The normalized spacial score (nSPS) is 10.2. The molecule has 0 aliphatic carbocycles. The first-order valence-corrected chi connectivity index (χ1v) is 7.09. The maximum Gasteiger partial charge on any atom is 0.211 e. The van der Waals surface area contributed by atoms with E-state index in [2.05, 4.69) is 10.2 Å². The van der Waals surface area contributed by atoms with Crippen LogP contribution in [0.5, 0.6) is 5.75 Å². The van der Waals surface area contributed by atoms with Crippen molar-refractivity contribution in [3.05, 3.63) is 63.6 Å². The molecule has 2 rings (SSSR count). The predicted molar refractivity (Wildman–Crippen MR) is 97.9 cm³/mol. The van der Waals surface area contributed by atoms with Gasteiger partial charge in [0.25, 0.3) is 0 Å². The van der Waals surface area contributed by atoms with Crippen LogP contribution < -0.4 is 16.2 Å². The molecule has 0 heterocycles. The zero-order valence-corrected chi connectivity index (χ0v) is 14.3. The summed E-state index contributed by atoms with van der Waals surface area (Å²) in [5, 5.41) is 8.30. The number of nitrogens with two attached hydrogens (primary N) is 2. The predicted octanol–water partition coefficient (Wildman–Crippen LogP) is 3.60. The standard InChI is InChI=1S/C15H14Cl2N4O.ClH/c16-13-5-4-11(7-14(13)17)9-22-12-3-1-2-10(6-12)8-20-21-15(18)19;/h1-8H,9H2,(H4,18,19,21);1H/b20-8-;. The molecule has 0 amide bonds. The third-order valence-electron chi connectivity index (χ3n) is 2.63. The Balaban J connectivity index is 0.00000264. The van der Waals surface area contributed by atoms with E-state index in [1.165, 1.54) is 6.21 Å². The van der Waals surface area contributed by atoms with Crippen LogP contribution in [0.2, 0.25) is 10.0 Å². The lowest BCUT2D eigenvalue weighted by atomic mass is 10.2. The molecule has 0 saturated carbocycles. The molecule has 0 bridgehead atoms. The Morgan fingerprint density at radius 1 is 1.09 bits per heavy atom. The van der Waals surface area contributed by atoms with Crippen molar-refractivity contribution in [3.8, 4) is 5.75 Å². The molecule has 0 unspecified atom stereocenters. The Labute approximate surface area is 150 Å². The van der Waals surface area contributed by atoms with Crippen molar-refractivity contribution >= 4 is 47.8 Å². The van der Waals surface area contributed by atoms with Crippen molar-refractivity contribution in [2.75, 3.05) is 0 Å². The lowest BCUT2D eigenvalue weighted by Crippen LogP contribution is -2.21. The quantitative estimate of drug-likeness (QED) is 0.477. The first-order chi connectivity index (χ1) is 10.5. The largest absolute Gasteiger partial charge is 0.489 e. The molecule has 122 valence electrons. The average Bonchev–Trinajstić information content (AvgIpc) is 2.49. The van der Waals surface area contributed by atoms with Gasteiger partial charge in [0.05, 0.1) is 16.3 Å². The Kier molecular flexibility index (Phi) is 7.68. The van der Waals surface area contributed by atoms with Crippen LogP contribution in [0.15, 0.2) is 52.7 Å². The van der Waals surface area contributed by atoms with Crippen LogP contribution in [0.25, 0.3) is 0 Å². The van der Waals surface area contributed by atoms with E-state index >= 15 is 0 Å². The molecule has 0 aromatic heterocycles. The second-order valence-electron chi connectivity index (χ2n) is 4.38. The second-order valence-corrected chi connectivity index (χ2v) is 5.19. The van der Waals surface area contributed by atoms with Gasteiger partial charge < -0.3 is 16.2 Å². The molecule has 23 heavy (non-hydrogen) atoms. The first-order valence-electron chi connectivity index (χ1n) is 6.33. The maximum absolute atomic E-state index is 5.97. The number of rotatable bonds is 5. The monoisotopic (exact) mass is 372 g/mol. The Bertz CT molecular complexity index is 716. The van der Waals surface area contributed by atoms with E-state index in [0.29, 0.717) is 22.4 Å². The van der Waals surface area contributed by atoms with E-state index in [9.17, 15) is 0 Å². The number of nitrogens with zero attached hydrogens (tertiary/aromatic N) is 2. The van der Waals surface area contributed by atoms with Gasteiger partial charge in [0, 0.05) is 0 Å². The average molecular weight is 374 g/mol. The second kappa shape index (κ2) is 9.25. The summed E-state index contributed by atoms with van der Waals surface area (Å²) in [6.07, 6.45) is 1.53. The highest BCUT2D eigenvalue weighted by Crippen LogP contribution is 2.23. The van der Waals surface area contributed by atoms with E-state index in [4.69, 9.17) is 39.4 Å². The van der Waals surface area contributed by atoms with Crippen molar-refractivity contribution in [1.29, 1.82) is 0 Å². The summed E-state index contributed by atoms with van der Waals surface area (Å²) in [6, 6.07) is 12.7. The van der Waals surface area contributed by atoms with Gasteiger partial charge in [-0.05, 0) is 35.4 Å². The first kappa shape index (κ1) is 19.1. The molecule has 4 N–H and O–H groups in total. The number of hydrogen-bond acceptors (Lipinski definition) is 3. The van der Waals surface area contributed by atoms with Crippen LogP contribution in [-0.4, -0.2) is 12.2 Å². The van der Waals surface area contributed by atoms with Crippen LogP contribution in [0.3, 0.4) is 0 Å². The van der Waals surface area contributed by atoms with Crippen LogP contribution in [-0.2, 0) is 6.61 Å². The van der Waals surface area contributed by atoms with Crippen molar-refractivity contribution in [3.63, 3.8) is 0 Å². The third-order valence-corrected chi connectivity index (χ3v) is 3.37. The molecule has 2 aromatic rings. The van der Waals surface area contributed by atoms with Crippen molar-refractivity contribution < 1.29 is 4.74 Å². The van der Waals surface area contributed by atoms with Crippen LogP contribution in [0, 0.1) is 0 Å². The lowest BCUT2D eigenvalue weighted by Gasteiger charge is -2.07. The number of guanidine groups is 1. The summed E-state index contributed by atoms with van der Waals surface area (Å²) in [4.78, 5) is 0. The molecule has 0 saturated heterocycles. The topological polar surface area (TPSA) is 86.0 Å². The Hall–Kier alpha value is -1.95. The molecule has 8 heteroatoms. The van der Waals surface area contributed by atoms with Crippen LogP contribution >= 0.6 is 35.6 Å². The highest BCUT2D eigenvalue weighted by Gasteiger charge is 2.01. The van der Waals surface area contributed by atoms with Gasteiger partial charge in [0.15, 0.2) is 0 Å². The highest BCUT2D eigenvalue weighted by atomic mass is 35.5. The van der Waals surface area contributed by atoms with Crippen molar-refractivity contribution in [2.45, 2.75) is 6.61 Å². The fourth-order valence-corrected chi connectivity index (χ4v) is 1.96. The van der Waals surface area contributed by atoms with Gasteiger partial charge in [-0.15, -0.1) is 17.5 Å². The van der Waals surface area contributed by atoms with Gasteiger partial charge >= 0.3 is 0 Å². The molecular weight excluding hydrogens is 359 g/mol. The van der Waals surface area contributed by atoms with Crippen molar-refractivity contribution in [1.82, 2.24) is 0 Å². The number of halogens is 3. The number of benzene rings is 2. The SMILES string of the molecule is Cl.NC(N)=N/N=C\c1cccc(OCc2ccc(Cl)c(Cl)c2)c1. The lowest BCUT2D eigenvalue weighted by molar-refractivity contribution is 0.306. The molecular formula is C15H15Cl3N4O. The number of hydrogen-bond donors (Lipinski definition) is 2. The Morgan fingerprint density at radius 3 is 2.57 bits per heavy atom. The Morgan fingerprint density at radius 2 is 1.87 bits per heavy atom. The van der Waals surface area contributed by atoms with Gasteiger partial charge in [-0.2, -0.15) is 5.10 Å². The van der Waals surface area contributed by atoms with Gasteiger partial charge in [-0.3, -0.25) is 0 Å². The van der Waals surface area contributed by atoms with Crippen LogP contribution in [0.1, 0.15) is 11.1 Å². The van der Waals surface area contributed by atoms with E-state index < -0.39 is 0 Å². The maximum atomic E-state index is 5.97.